The molecule has 3 aromatic rings. The van der Waals surface area contributed by atoms with Crippen LogP contribution < -0.4 is 4.74 Å². The average molecular weight is 392 g/mol. The maximum Gasteiger partial charge on any atom is 0.222 e. The van der Waals surface area contributed by atoms with Gasteiger partial charge in [-0.3, -0.25) is 9.78 Å². The lowest BCUT2D eigenvalue weighted by Gasteiger charge is -2.32. The summed E-state index contributed by atoms with van der Waals surface area (Å²) in [5.74, 6) is 0.0693. The van der Waals surface area contributed by atoms with Crippen LogP contribution in [0.5, 0.6) is 5.75 Å². The molecule has 0 bridgehead atoms. The molecule has 0 aliphatic carbocycles. The first kappa shape index (κ1) is 19.4. The topological polar surface area (TPSA) is 42.4 Å². The SMILES string of the molecule is CCC(=O)N1CCC(Oc2ccc(-c3cc4ncccc4cc3C)cc2F)CC1. The van der Waals surface area contributed by atoms with Crippen molar-refractivity contribution in [3.05, 3.63) is 60.0 Å². The van der Waals surface area contributed by atoms with Gasteiger partial charge in [-0.05, 0) is 53.9 Å². The predicted octanol–water partition coefficient (Wildman–Crippen LogP) is 5.13. The number of amides is 1. The molecule has 0 saturated carbocycles. The fourth-order valence-electron chi connectivity index (χ4n) is 3.94. The highest BCUT2D eigenvalue weighted by Gasteiger charge is 2.24. The minimum absolute atomic E-state index is 0.0668. The second kappa shape index (κ2) is 8.19. The first-order valence-electron chi connectivity index (χ1n) is 10.1. The normalized spacial score (nSPS) is 14.9. The standard InChI is InChI=1S/C24H25FN2O2/c1-3-24(28)27-11-8-19(9-12-27)29-23-7-6-17(14-21(23)25)20-15-22-18(13-16(20)2)5-4-10-26-22/h4-7,10,13-15,19H,3,8-9,11-12H2,1-2H3. The number of hydrogen-bond donors (Lipinski definition) is 0. The lowest BCUT2D eigenvalue weighted by molar-refractivity contribution is -0.132. The van der Waals surface area contributed by atoms with Crippen LogP contribution in [-0.4, -0.2) is 35.0 Å². The fraction of sp³-hybridized carbons (Fsp3) is 0.333. The minimum atomic E-state index is -0.366. The summed E-state index contributed by atoms with van der Waals surface area (Å²) in [5, 5.41) is 1.07. The molecule has 5 heteroatoms. The first-order chi connectivity index (χ1) is 14.0. The number of piperidine rings is 1. The van der Waals surface area contributed by atoms with Crippen molar-refractivity contribution in [3.63, 3.8) is 0 Å². The third-order valence-electron chi connectivity index (χ3n) is 5.58. The number of carbonyl (C=O) groups is 1. The number of aryl methyl sites for hydroxylation is 1. The van der Waals surface area contributed by atoms with Crippen molar-refractivity contribution in [3.8, 4) is 16.9 Å². The van der Waals surface area contributed by atoms with Gasteiger partial charge < -0.3 is 9.64 Å². The number of rotatable bonds is 4. The number of halogens is 1. The highest BCUT2D eigenvalue weighted by molar-refractivity contribution is 5.86. The van der Waals surface area contributed by atoms with E-state index >= 15 is 0 Å². The molecule has 1 amide bonds. The van der Waals surface area contributed by atoms with E-state index in [2.05, 4.69) is 11.1 Å². The zero-order chi connectivity index (χ0) is 20.4. The summed E-state index contributed by atoms with van der Waals surface area (Å²) in [7, 11) is 0. The zero-order valence-corrected chi connectivity index (χ0v) is 16.8. The smallest absolute Gasteiger partial charge is 0.222 e. The lowest BCUT2D eigenvalue weighted by atomic mass is 9.98. The number of fused-ring (bicyclic) bond motifs is 1. The molecule has 1 aliphatic rings. The molecule has 150 valence electrons. The Morgan fingerprint density at radius 2 is 2.00 bits per heavy atom. The third-order valence-corrected chi connectivity index (χ3v) is 5.58. The Morgan fingerprint density at radius 1 is 1.21 bits per heavy atom. The molecule has 1 saturated heterocycles. The van der Waals surface area contributed by atoms with E-state index in [-0.39, 0.29) is 23.6 Å². The summed E-state index contributed by atoms with van der Waals surface area (Å²) in [5.41, 5.74) is 3.74. The monoisotopic (exact) mass is 392 g/mol. The van der Waals surface area contributed by atoms with Gasteiger partial charge in [0.15, 0.2) is 11.6 Å². The molecule has 0 unspecified atom stereocenters. The van der Waals surface area contributed by atoms with E-state index in [1.807, 2.05) is 43.0 Å². The Kier molecular flexibility index (Phi) is 5.47. The molecular formula is C24H25FN2O2. The molecule has 0 atom stereocenters. The summed E-state index contributed by atoms with van der Waals surface area (Å²) >= 11 is 0. The molecule has 0 spiro atoms. The second-order valence-electron chi connectivity index (χ2n) is 7.56. The number of aromatic nitrogens is 1. The molecule has 4 nitrogen and oxygen atoms in total. The van der Waals surface area contributed by atoms with E-state index in [9.17, 15) is 9.18 Å². The van der Waals surface area contributed by atoms with Gasteiger partial charge >= 0.3 is 0 Å². The van der Waals surface area contributed by atoms with Gasteiger partial charge in [0.25, 0.3) is 0 Å². The van der Waals surface area contributed by atoms with Crippen LogP contribution in [-0.2, 0) is 4.79 Å². The van der Waals surface area contributed by atoms with Crippen molar-refractivity contribution in [2.75, 3.05) is 13.1 Å². The molecule has 2 heterocycles. The largest absolute Gasteiger partial charge is 0.487 e. The minimum Gasteiger partial charge on any atom is -0.487 e. The number of benzene rings is 2. The highest BCUT2D eigenvalue weighted by atomic mass is 19.1. The summed E-state index contributed by atoms with van der Waals surface area (Å²) < 4.78 is 20.7. The van der Waals surface area contributed by atoms with E-state index < -0.39 is 0 Å². The molecule has 4 rings (SSSR count). The summed E-state index contributed by atoms with van der Waals surface area (Å²) in [6.07, 6.45) is 3.66. The maximum absolute atomic E-state index is 14.8. The van der Waals surface area contributed by atoms with Crippen molar-refractivity contribution in [1.82, 2.24) is 9.88 Å². The Balaban J connectivity index is 1.50. The van der Waals surface area contributed by atoms with Crippen LogP contribution in [0.25, 0.3) is 22.0 Å². The number of pyridine rings is 1. The quantitative estimate of drug-likeness (QED) is 0.618. The van der Waals surface area contributed by atoms with E-state index in [4.69, 9.17) is 4.74 Å². The average Bonchev–Trinajstić information content (AvgIpc) is 2.74. The summed E-state index contributed by atoms with van der Waals surface area (Å²) in [6.45, 7) is 5.23. The van der Waals surface area contributed by atoms with Gasteiger partial charge in [-0.1, -0.05) is 19.1 Å². The molecule has 2 aromatic carbocycles. The number of carbonyl (C=O) groups excluding carboxylic acids is 1. The van der Waals surface area contributed by atoms with Crippen molar-refractivity contribution in [1.29, 1.82) is 0 Å². The van der Waals surface area contributed by atoms with Crippen LogP contribution >= 0.6 is 0 Å². The number of likely N-dealkylation sites (tertiary alicyclic amines) is 1. The van der Waals surface area contributed by atoms with Gasteiger partial charge in [0.05, 0.1) is 5.52 Å². The van der Waals surface area contributed by atoms with Crippen molar-refractivity contribution in [2.45, 2.75) is 39.2 Å². The first-order valence-corrected chi connectivity index (χ1v) is 10.1. The second-order valence-corrected chi connectivity index (χ2v) is 7.56. The summed E-state index contributed by atoms with van der Waals surface area (Å²) in [6, 6.07) is 13.1. The molecule has 1 fully saturated rings. The Hall–Kier alpha value is -2.95. The molecule has 1 aromatic heterocycles. The molecule has 29 heavy (non-hydrogen) atoms. The van der Waals surface area contributed by atoms with Gasteiger partial charge in [0, 0.05) is 43.9 Å². The van der Waals surface area contributed by atoms with E-state index in [0.717, 1.165) is 40.4 Å². The highest BCUT2D eigenvalue weighted by Crippen LogP contribution is 2.31. The Labute approximate surface area is 170 Å². The van der Waals surface area contributed by atoms with Crippen LogP contribution in [0.1, 0.15) is 31.7 Å². The number of hydrogen-bond acceptors (Lipinski definition) is 3. The van der Waals surface area contributed by atoms with Gasteiger partial charge in [-0.25, -0.2) is 4.39 Å². The Morgan fingerprint density at radius 3 is 2.72 bits per heavy atom. The lowest BCUT2D eigenvalue weighted by Crippen LogP contribution is -2.41. The van der Waals surface area contributed by atoms with E-state index in [0.29, 0.717) is 19.5 Å². The zero-order valence-electron chi connectivity index (χ0n) is 16.8. The molecular weight excluding hydrogens is 367 g/mol. The van der Waals surface area contributed by atoms with Crippen molar-refractivity contribution >= 4 is 16.8 Å². The van der Waals surface area contributed by atoms with Gasteiger partial charge in [-0.2, -0.15) is 0 Å². The van der Waals surface area contributed by atoms with Crippen molar-refractivity contribution < 1.29 is 13.9 Å². The maximum atomic E-state index is 14.8. The molecule has 0 radical (unpaired) electrons. The Bertz CT molecular complexity index is 1040. The predicted molar refractivity (Wildman–Crippen MR) is 112 cm³/mol. The van der Waals surface area contributed by atoms with Crippen molar-refractivity contribution in [2.24, 2.45) is 0 Å². The summed E-state index contributed by atoms with van der Waals surface area (Å²) in [4.78, 5) is 18.0. The molecule has 0 N–H and O–H groups in total. The third kappa shape index (κ3) is 4.09. The fourth-order valence-corrected chi connectivity index (χ4v) is 3.94. The van der Waals surface area contributed by atoms with Crippen LogP contribution in [0.2, 0.25) is 0 Å². The van der Waals surface area contributed by atoms with Gasteiger partial charge in [0.1, 0.15) is 6.10 Å². The van der Waals surface area contributed by atoms with E-state index in [1.165, 1.54) is 6.07 Å². The number of nitrogens with zero attached hydrogens (tertiary/aromatic N) is 2. The van der Waals surface area contributed by atoms with Gasteiger partial charge in [-0.15, -0.1) is 0 Å². The number of ether oxygens (including phenoxy) is 1. The van der Waals surface area contributed by atoms with Crippen LogP contribution in [0.15, 0.2) is 48.7 Å². The van der Waals surface area contributed by atoms with Gasteiger partial charge in [0.2, 0.25) is 5.91 Å². The van der Waals surface area contributed by atoms with Crippen LogP contribution in [0.3, 0.4) is 0 Å². The van der Waals surface area contributed by atoms with Crippen LogP contribution in [0.4, 0.5) is 4.39 Å². The van der Waals surface area contributed by atoms with Crippen LogP contribution in [0, 0.1) is 12.7 Å². The molecule has 1 aliphatic heterocycles. The van der Waals surface area contributed by atoms with E-state index in [1.54, 1.807) is 12.3 Å².